The number of oxime groups is 1. The number of carbonyl (C=O) groups excluding carboxylic acids is 3. The Morgan fingerprint density at radius 2 is 2.29 bits per heavy atom. The van der Waals surface area contributed by atoms with Gasteiger partial charge in [0, 0.05) is 22.7 Å². The Bertz CT molecular complexity index is 1530. The first kappa shape index (κ1) is 25.8. The summed E-state index contributed by atoms with van der Waals surface area (Å²) >= 11 is 3.69. The van der Waals surface area contributed by atoms with Crippen molar-refractivity contribution in [1.82, 2.24) is 24.1 Å². The van der Waals surface area contributed by atoms with E-state index in [9.17, 15) is 23.9 Å². The second-order valence-electron chi connectivity index (χ2n) is 8.09. The van der Waals surface area contributed by atoms with Crippen LogP contribution in [-0.2, 0) is 25.8 Å². The van der Waals surface area contributed by atoms with Crippen molar-refractivity contribution in [3.05, 3.63) is 52.8 Å². The standard InChI is InChI=1S/C21H19FN8O5S3/c1-10-6-36-12-5-28(9-29(10)12)4-2-3-11-7-37-19-14(18(32)30(19)15(11)20(33)34)24-17(31)13(26-35-8-22)16-25-21(23)38-27-16/h2-3,5-6,9,14,19H,4,7-8H2,1H3,(H3-,23,24,25,27,31,33,34)/b3-2?,26-13-/t14-,19-/m1/s1. The molecule has 1 fully saturated rings. The zero-order valence-electron chi connectivity index (χ0n) is 19.6. The summed E-state index contributed by atoms with van der Waals surface area (Å²) in [6.45, 7) is 1.20. The lowest BCUT2D eigenvalue weighted by atomic mass is 10.0. The molecule has 3 aromatic heterocycles. The number of amides is 2. The molecule has 198 valence electrons. The third-order valence-corrected chi connectivity index (χ3v) is 8.54. The molecule has 17 heteroatoms. The fourth-order valence-corrected chi connectivity index (χ4v) is 6.65. The van der Waals surface area contributed by atoms with E-state index in [2.05, 4.69) is 34.4 Å². The van der Waals surface area contributed by atoms with Crippen molar-refractivity contribution in [2.45, 2.75) is 24.9 Å². The maximum Gasteiger partial charge on any atom is 0.278 e. The van der Waals surface area contributed by atoms with Crippen LogP contribution in [0.2, 0.25) is 0 Å². The number of imidazole rings is 1. The smallest absolute Gasteiger partial charge is 0.278 e. The molecule has 1 saturated heterocycles. The van der Waals surface area contributed by atoms with E-state index in [1.807, 2.05) is 30.1 Å². The number of allylic oxidation sites excluding steroid dienone is 2. The first-order valence-electron chi connectivity index (χ1n) is 11.0. The number of aromatic nitrogens is 4. The molecule has 2 aliphatic heterocycles. The summed E-state index contributed by atoms with van der Waals surface area (Å²) in [7, 11) is 0. The number of nitrogens with two attached hydrogens (primary N) is 1. The number of alkyl halides is 1. The lowest BCUT2D eigenvalue weighted by Gasteiger charge is -2.50. The SMILES string of the molecule is Cc1csc2cn(CC=CC3=C(C(=O)[O-])N4C(=O)[C@@H](NC(=O)/C(=N\OCF)c5nsc(N)n5)[C@H]4SC3)c[n+]12. The highest BCUT2D eigenvalue weighted by molar-refractivity contribution is 8.00. The number of fused-ring (bicyclic) bond motifs is 2. The number of nitrogens with zero attached hydrogens (tertiary/aromatic N) is 6. The van der Waals surface area contributed by atoms with Gasteiger partial charge in [0.05, 0.1) is 11.7 Å². The summed E-state index contributed by atoms with van der Waals surface area (Å²) < 4.78 is 20.4. The van der Waals surface area contributed by atoms with Crippen molar-refractivity contribution in [3.8, 4) is 0 Å². The summed E-state index contributed by atoms with van der Waals surface area (Å²) in [4.78, 5) is 48.1. The van der Waals surface area contributed by atoms with E-state index in [0.29, 0.717) is 12.1 Å². The number of hydrogen-bond donors (Lipinski definition) is 2. The van der Waals surface area contributed by atoms with Crippen molar-refractivity contribution in [3.63, 3.8) is 0 Å². The molecule has 0 saturated carbocycles. The van der Waals surface area contributed by atoms with Gasteiger partial charge in [-0.3, -0.25) is 14.5 Å². The van der Waals surface area contributed by atoms with Gasteiger partial charge >= 0.3 is 0 Å². The van der Waals surface area contributed by atoms with E-state index in [1.165, 1.54) is 11.8 Å². The lowest BCUT2D eigenvalue weighted by molar-refractivity contribution is -0.515. The van der Waals surface area contributed by atoms with Gasteiger partial charge in [-0.1, -0.05) is 22.6 Å². The molecule has 0 spiro atoms. The number of thiazole rings is 1. The average Bonchev–Trinajstić information content (AvgIpc) is 3.59. The van der Waals surface area contributed by atoms with Crippen LogP contribution in [0.25, 0.3) is 4.83 Å². The van der Waals surface area contributed by atoms with Gasteiger partial charge in [-0.2, -0.15) is 13.8 Å². The summed E-state index contributed by atoms with van der Waals surface area (Å²) in [5.74, 6) is -2.97. The molecule has 38 heavy (non-hydrogen) atoms. The molecule has 5 rings (SSSR count). The monoisotopic (exact) mass is 578 g/mol. The van der Waals surface area contributed by atoms with Crippen LogP contribution >= 0.6 is 34.6 Å². The normalized spacial score (nSPS) is 19.7. The van der Waals surface area contributed by atoms with Crippen LogP contribution in [0.5, 0.6) is 0 Å². The van der Waals surface area contributed by atoms with Crippen LogP contribution in [0.15, 0.2) is 46.5 Å². The van der Waals surface area contributed by atoms with Crippen molar-refractivity contribution < 1.29 is 33.1 Å². The van der Waals surface area contributed by atoms with Gasteiger partial charge in [0.25, 0.3) is 18.7 Å². The molecule has 3 aromatic rings. The molecule has 2 aliphatic rings. The first-order valence-corrected chi connectivity index (χ1v) is 13.7. The van der Waals surface area contributed by atoms with Crippen molar-refractivity contribution >= 4 is 68.1 Å². The fraction of sp³-hybridized carbons (Fsp3) is 0.286. The molecular formula is C21H19FN8O5S3. The molecule has 13 nitrogen and oxygen atoms in total. The number of aryl methyl sites for hydroxylation is 1. The molecule has 3 N–H and O–H groups in total. The number of β-lactam (4-membered cyclic amide) rings is 1. The highest BCUT2D eigenvalue weighted by Gasteiger charge is 2.53. The maximum atomic E-state index is 12.9. The highest BCUT2D eigenvalue weighted by atomic mass is 32.2. The largest absolute Gasteiger partial charge is 0.543 e. The van der Waals surface area contributed by atoms with Crippen LogP contribution in [0, 0.1) is 6.92 Å². The van der Waals surface area contributed by atoms with E-state index in [1.54, 1.807) is 17.4 Å². The Kier molecular flexibility index (Phi) is 7.13. The number of carboxylic acids is 1. The van der Waals surface area contributed by atoms with Crippen molar-refractivity contribution in [1.29, 1.82) is 0 Å². The number of nitrogens with one attached hydrogen (secondary N) is 1. The molecule has 0 bridgehead atoms. The fourth-order valence-electron chi connectivity index (χ4n) is 3.99. The molecule has 0 aromatic carbocycles. The minimum Gasteiger partial charge on any atom is -0.543 e. The topological polar surface area (TPSA) is 172 Å². The minimum atomic E-state index is -1.50. The zero-order valence-corrected chi connectivity index (χ0v) is 22.0. The molecule has 0 unspecified atom stereocenters. The number of aliphatic carboxylic acids is 1. The molecular weight excluding hydrogens is 559 g/mol. The van der Waals surface area contributed by atoms with Crippen molar-refractivity contribution in [2.24, 2.45) is 5.16 Å². The lowest BCUT2D eigenvalue weighted by Crippen LogP contribution is -2.71. The molecule has 0 radical (unpaired) electrons. The number of hydrogen-bond acceptors (Lipinski definition) is 12. The van der Waals surface area contributed by atoms with Crippen LogP contribution < -0.4 is 20.6 Å². The van der Waals surface area contributed by atoms with E-state index in [0.717, 1.165) is 27.0 Å². The third kappa shape index (κ3) is 4.74. The molecule has 2 amide bonds. The summed E-state index contributed by atoms with van der Waals surface area (Å²) in [5.41, 5.74) is 6.35. The Morgan fingerprint density at radius 3 is 2.97 bits per heavy atom. The number of nitrogen functional groups attached to an aromatic ring is 1. The van der Waals surface area contributed by atoms with E-state index >= 15 is 0 Å². The molecule has 0 aliphatic carbocycles. The van der Waals surface area contributed by atoms with E-state index < -0.39 is 41.8 Å². The number of halogens is 1. The van der Waals surface area contributed by atoms with E-state index in [-0.39, 0.29) is 22.4 Å². The quantitative estimate of drug-likeness (QED) is 0.145. The van der Waals surface area contributed by atoms with Gasteiger partial charge in [0.1, 0.15) is 29.9 Å². The van der Waals surface area contributed by atoms with Gasteiger partial charge in [-0.25, -0.2) is 8.96 Å². The zero-order chi connectivity index (χ0) is 27.0. The Morgan fingerprint density at radius 1 is 1.47 bits per heavy atom. The Hall–Kier alpha value is -3.83. The summed E-state index contributed by atoms with van der Waals surface area (Å²) in [5, 5.41) is 19.3. The average molecular weight is 579 g/mol. The van der Waals surface area contributed by atoms with Gasteiger partial charge in [-0.15, -0.1) is 11.8 Å². The summed E-state index contributed by atoms with van der Waals surface area (Å²) in [6, 6.07) is -1.06. The number of thioether (sulfide) groups is 1. The summed E-state index contributed by atoms with van der Waals surface area (Å²) in [6.07, 6.45) is 7.40. The number of rotatable bonds is 9. The predicted octanol–water partition coefficient (Wildman–Crippen LogP) is -0.662. The van der Waals surface area contributed by atoms with Crippen LogP contribution in [0.3, 0.4) is 0 Å². The van der Waals surface area contributed by atoms with Crippen LogP contribution in [0.1, 0.15) is 11.5 Å². The van der Waals surface area contributed by atoms with Gasteiger partial charge < -0.3 is 25.8 Å². The Balaban J connectivity index is 1.30. The molecule has 2 atom stereocenters. The second kappa shape index (κ2) is 10.5. The minimum absolute atomic E-state index is 0.0456. The van der Waals surface area contributed by atoms with Gasteiger partial charge in [0.2, 0.25) is 22.7 Å². The Labute approximate surface area is 226 Å². The van der Waals surface area contributed by atoms with Crippen molar-refractivity contribution in [2.75, 3.05) is 18.3 Å². The van der Waals surface area contributed by atoms with Crippen LogP contribution in [-0.4, -0.2) is 66.3 Å². The first-order chi connectivity index (χ1) is 18.3. The van der Waals surface area contributed by atoms with E-state index in [4.69, 9.17) is 5.73 Å². The predicted molar refractivity (Wildman–Crippen MR) is 134 cm³/mol. The van der Waals surface area contributed by atoms with Crippen LogP contribution in [0.4, 0.5) is 9.52 Å². The highest BCUT2D eigenvalue weighted by Crippen LogP contribution is 2.40. The number of carbonyl (C=O) groups is 3. The number of carboxylic acid groups (broad SMARTS) is 1. The number of anilines is 1. The second-order valence-corrected chi connectivity index (χ2v) is 10.9. The van der Waals surface area contributed by atoms with Gasteiger partial charge in [-0.05, 0) is 18.6 Å². The molecule has 5 heterocycles. The maximum absolute atomic E-state index is 12.9. The third-order valence-electron chi connectivity index (χ3n) is 5.69. The van der Waals surface area contributed by atoms with Gasteiger partial charge in [0.15, 0.2) is 5.13 Å².